The minimum absolute atomic E-state index is 0. The zero-order chi connectivity index (χ0) is 60.0. The van der Waals surface area contributed by atoms with Crippen molar-refractivity contribution in [2.24, 2.45) is 0 Å². The number of ether oxygens (including phenoxy) is 1. The van der Waals surface area contributed by atoms with Gasteiger partial charge in [0.1, 0.15) is 5.82 Å². The molecule has 5 nitrogen and oxygen atoms in total. The van der Waals surface area contributed by atoms with Crippen LogP contribution in [0.25, 0.3) is 72.1 Å². The molecule has 0 unspecified atom stereocenters. The van der Waals surface area contributed by atoms with E-state index in [0.29, 0.717) is 34.0 Å². The van der Waals surface area contributed by atoms with Crippen LogP contribution in [0.1, 0.15) is 98.4 Å². The van der Waals surface area contributed by atoms with E-state index in [1.807, 2.05) is 59.2 Å². The third-order valence-corrected chi connectivity index (χ3v) is 15.3. The van der Waals surface area contributed by atoms with E-state index >= 15 is 0 Å². The van der Waals surface area contributed by atoms with Crippen LogP contribution in [0.15, 0.2) is 200 Å². The number of hydrogen-bond acceptors (Lipinski definition) is 4. The molecule has 80 heavy (non-hydrogen) atoms. The summed E-state index contributed by atoms with van der Waals surface area (Å²) in [4.78, 5) is 9.37. The molecule has 0 saturated carbocycles. The fourth-order valence-corrected chi connectivity index (χ4v) is 10.8. The predicted octanol–water partition coefficient (Wildman–Crippen LogP) is 20.2. The number of aryl methyl sites for hydroxylation is 2. The van der Waals surface area contributed by atoms with E-state index in [2.05, 4.69) is 200 Å². The molecule has 402 valence electrons. The smallest absolute Gasteiger partial charge is 0.135 e. The van der Waals surface area contributed by atoms with Gasteiger partial charge in [0.15, 0.2) is 0 Å². The number of anilines is 4. The van der Waals surface area contributed by atoms with Gasteiger partial charge in [-0.05, 0) is 122 Å². The molecule has 3 heterocycles. The first-order valence-electron chi connectivity index (χ1n) is 30.1. The molecule has 0 radical (unpaired) electrons. The molecular formula is C74H67N4OPt-3. The molecule has 0 fully saturated rings. The normalized spacial score (nSPS) is 14.2. The van der Waals surface area contributed by atoms with Crippen LogP contribution in [0.3, 0.4) is 0 Å². The van der Waals surface area contributed by atoms with Crippen LogP contribution in [-0.2, 0) is 37.3 Å². The Morgan fingerprint density at radius 3 is 1.69 bits per heavy atom. The molecule has 6 heteroatoms. The van der Waals surface area contributed by atoms with E-state index < -0.39 is 13.7 Å². The quantitative estimate of drug-likeness (QED) is 0.135. The van der Waals surface area contributed by atoms with Gasteiger partial charge in [0, 0.05) is 86.3 Å². The third kappa shape index (κ3) is 10.3. The van der Waals surface area contributed by atoms with Crippen molar-refractivity contribution in [3.63, 3.8) is 0 Å². The molecule has 11 aromatic rings. The first-order chi connectivity index (χ1) is 40.3. The second-order valence-corrected chi connectivity index (χ2v) is 23.9. The van der Waals surface area contributed by atoms with Crippen molar-refractivity contribution in [3.05, 3.63) is 247 Å². The molecule has 0 saturated heterocycles. The molecule has 1 aliphatic rings. The number of benzene rings is 9. The number of aromatic nitrogens is 2. The van der Waals surface area contributed by atoms with E-state index in [-0.39, 0.29) is 48.4 Å². The zero-order valence-electron chi connectivity index (χ0n) is 52.6. The van der Waals surface area contributed by atoms with Crippen LogP contribution in [-0.4, -0.2) is 9.55 Å². The Hall–Kier alpha value is -7.98. The summed E-state index contributed by atoms with van der Waals surface area (Å²) in [5.41, 5.74) is 16.6. The fraction of sp³-hybridized carbons (Fsp3) is 0.189. The summed E-state index contributed by atoms with van der Waals surface area (Å²) in [7, 11) is 0. The van der Waals surface area contributed by atoms with E-state index in [9.17, 15) is 0 Å². The number of rotatable bonds is 9. The van der Waals surface area contributed by atoms with Gasteiger partial charge in [-0.1, -0.05) is 201 Å². The second kappa shape index (κ2) is 20.9. The van der Waals surface area contributed by atoms with Gasteiger partial charge in [0.25, 0.3) is 0 Å². The summed E-state index contributed by atoms with van der Waals surface area (Å²) in [6.45, 7) is 17.6. The maximum absolute atomic E-state index is 8.66. The van der Waals surface area contributed by atoms with Gasteiger partial charge in [-0.3, -0.25) is 0 Å². The van der Waals surface area contributed by atoms with E-state index in [1.54, 1.807) is 18.2 Å². The van der Waals surface area contributed by atoms with Crippen molar-refractivity contribution in [1.82, 2.24) is 9.55 Å². The van der Waals surface area contributed by atoms with E-state index in [0.717, 1.165) is 66.9 Å². The number of para-hydroxylation sites is 3. The number of hydrogen-bond donors (Lipinski definition) is 0. The summed E-state index contributed by atoms with van der Waals surface area (Å²) in [5.74, 6) is 1.25. The average molecular weight is 1230 g/mol. The molecule has 0 bridgehead atoms. The topological polar surface area (TPSA) is 33.5 Å². The van der Waals surface area contributed by atoms with Crippen molar-refractivity contribution in [1.29, 1.82) is 0 Å². The maximum atomic E-state index is 8.66. The summed E-state index contributed by atoms with van der Waals surface area (Å²) in [6, 6.07) is 73.0. The largest absolute Gasteiger partial charge is 0.509 e. The van der Waals surface area contributed by atoms with Crippen LogP contribution in [0.2, 0.25) is 0 Å². The first kappa shape index (κ1) is 46.9. The Kier molecular flexibility index (Phi) is 12.3. The molecule has 1 aliphatic heterocycles. The van der Waals surface area contributed by atoms with Crippen molar-refractivity contribution in [2.75, 3.05) is 9.80 Å². The maximum Gasteiger partial charge on any atom is 0.135 e. The standard InChI is InChI=1S/C74H67N4O.Pt/c1-48-18-16-19-54(40-48)65-46-75-70(41-49(65)2)78-66-23-13-12-22-61(66)62-39-38-60(45-69(62)78)79-59-21-17-20-58(44-59)76-47-77(68-25-15-14-24-67(68)76)71-63(52-28-26-50(27-29-52)51-30-34-55(35-31-51)72(3,4)5)42-57(74(9,10)11)43-64(71)53-32-36-56(37-33-53)73(6,7)8;/h12-43,46-47H,1-11H3;/q-3;/i1D3,2D3;. The number of nitrogens with zero attached hydrogens (tertiary/aromatic N) is 4. The Balaban J connectivity index is 0.00000768. The predicted molar refractivity (Wildman–Crippen MR) is 332 cm³/mol. The second-order valence-electron chi connectivity index (χ2n) is 23.9. The minimum atomic E-state index is -2.56. The Morgan fingerprint density at radius 1 is 0.475 bits per heavy atom. The van der Waals surface area contributed by atoms with E-state index in [1.165, 1.54) is 40.6 Å². The van der Waals surface area contributed by atoms with Crippen molar-refractivity contribution in [2.45, 2.75) is 92.3 Å². The molecule has 0 atom stereocenters. The van der Waals surface area contributed by atoms with Crippen LogP contribution >= 0.6 is 0 Å². The molecule has 2 aromatic heterocycles. The molecule has 0 amide bonds. The van der Waals surface area contributed by atoms with Gasteiger partial charge < -0.3 is 19.1 Å². The van der Waals surface area contributed by atoms with Gasteiger partial charge in [-0.25, -0.2) is 4.98 Å². The van der Waals surface area contributed by atoms with Crippen molar-refractivity contribution >= 4 is 44.6 Å². The number of fused-ring (bicyclic) bond motifs is 4. The summed E-state index contributed by atoms with van der Waals surface area (Å²) in [5, 5.41) is 1.80. The SMILES string of the molecule is [2H]C([2H])([2H])c1cccc(-c2cnc(-n3c4[c-]c(Oc5[c-]c(N6[CH-]N(c7c(-c8ccc(-c9ccc(C(C)(C)C)cc9)cc8)cc(C(C)(C)C)cc7-c7ccc(C(C)(C)C)cc7)c7ccccc76)ccc5)ccc4c4ccccc43)cc2C([2H])([2H])[2H])c1.[Pt]. The first-order valence-corrected chi connectivity index (χ1v) is 27.1. The van der Waals surface area contributed by atoms with Gasteiger partial charge in [-0.15, -0.1) is 48.1 Å². The van der Waals surface area contributed by atoms with Crippen LogP contribution in [0.4, 0.5) is 22.7 Å². The monoisotopic (exact) mass is 1230 g/mol. The van der Waals surface area contributed by atoms with E-state index in [4.69, 9.17) is 17.9 Å². The summed E-state index contributed by atoms with van der Waals surface area (Å²) in [6.07, 6.45) is 1.52. The number of pyridine rings is 1. The Labute approximate surface area is 496 Å². The van der Waals surface area contributed by atoms with Crippen LogP contribution in [0.5, 0.6) is 11.5 Å². The summed E-state index contributed by atoms with van der Waals surface area (Å²) < 4.78 is 58.6. The van der Waals surface area contributed by atoms with Gasteiger partial charge in [-0.2, -0.15) is 12.1 Å². The van der Waals surface area contributed by atoms with Gasteiger partial charge in [0.05, 0.1) is 0 Å². The molecule has 0 N–H and O–H groups in total. The minimum Gasteiger partial charge on any atom is -0.509 e. The average Bonchev–Trinajstić information content (AvgIpc) is 1.92. The van der Waals surface area contributed by atoms with Gasteiger partial charge >= 0.3 is 0 Å². The molecular weight excluding hydrogens is 1160 g/mol. The molecule has 12 rings (SSSR count). The van der Waals surface area contributed by atoms with Crippen molar-refractivity contribution < 1.29 is 34.0 Å². The van der Waals surface area contributed by atoms with Crippen molar-refractivity contribution in [3.8, 4) is 61.8 Å². The summed E-state index contributed by atoms with van der Waals surface area (Å²) >= 11 is 0. The molecule has 0 aliphatic carbocycles. The Morgan fingerprint density at radius 2 is 1.05 bits per heavy atom. The zero-order valence-corrected chi connectivity index (χ0v) is 48.9. The third-order valence-electron chi connectivity index (χ3n) is 15.3. The van der Waals surface area contributed by atoms with Gasteiger partial charge in [0.2, 0.25) is 0 Å². The van der Waals surface area contributed by atoms with Crippen LogP contribution < -0.4 is 14.5 Å². The molecule has 0 spiro atoms. The Bertz CT molecular complexity index is 4340. The molecule has 9 aromatic carbocycles. The van der Waals surface area contributed by atoms with Crippen LogP contribution in [0, 0.1) is 32.5 Å². The fourth-order valence-electron chi connectivity index (χ4n) is 10.8.